The van der Waals surface area contributed by atoms with Gasteiger partial charge < -0.3 is 10.2 Å². The minimum absolute atomic E-state index is 0.0358. The van der Waals surface area contributed by atoms with Crippen molar-refractivity contribution in [1.82, 2.24) is 10.2 Å². The molecule has 0 spiro atoms. The van der Waals surface area contributed by atoms with Gasteiger partial charge >= 0.3 is 0 Å². The van der Waals surface area contributed by atoms with Crippen molar-refractivity contribution in [3.63, 3.8) is 0 Å². The summed E-state index contributed by atoms with van der Waals surface area (Å²) in [6.45, 7) is 5.94. The van der Waals surface area contributed by atoms with E-state index in [0.717, 1.165) is 17.5 Å². The van der Waals surface area contributed by atoms with Crippen LogP contribution in [0.15, 0.2) is 42.5 Å². The third kappa shape index (κ3) is 7.90. The first-order chi connectivity index (χ1) is 14.7. The van der Waals surface area contributed by atoms with Crippen LogP contribution >= 0.6 is 46.6 Å². The number of carbonyl (C=O) groups excluding carboxylic acids is 2. The Morgan fingerprint density at radius 2 is 1.74 bits per heavy atom. The van der Waals surface area contributed by atoms with Crippen molar-refractivity contribution < 1.29 is 9.59 Å². The Balaban J connectivity index is 2.11. The van der Waals surface area contributed by atoms with Gasteiger partial charge in [0.2, 0.25) is 11.8 Å². The average Bonchev–Trinajstić information content (AvgIpc) is 2.73. The third-order valence-corrected chi connectivity index (χ3v) is 6.89. The molecule has 8 heteroatoms. The molecule has 0 saturated carbocycles. The Labute approximate surface area is 203 Å². The lowest BCUT2D eigenvalue weighted by Crippen LogP contribution is -2.50. The van der Waals surface area contributed by atoms with Gasteiger partial charge in [0.1, 0.15) is 6.04 Å². The Kier molecular flexibility index (Phi) is 10.5. The van der Waals surface area contributed by atoms with Crippen LogP contribution < -0.4 is 5.32 Å². The summed E-state index contributed by atoms with van der Waals surface area (Å²) < 4.78 is 0. The van der Waals surface area contributed by atoms with E-state index >= 15 is 0 Å². The highest BCUT2D eigenvalue weighted by Crippen LogP contribution is 2.25. The summed E-state index contributed by atoms with van der Waals surface area (Å²) in [6.07, 6.45) is 0.814. The summed E-state index contributed by atoms with van der Waals surface area (Å²) in [5.74, 6) is 0.460. The number of amides is 2. The molecule has 0 aromatic heterocycles. The van der Waals surface area contributed by atoms with Gasteiger partial charge in [-0.05, 0) is 49.6 Å². The number of thioether (sulfide) groups is 1. The Bertz CT molecular complexity index is 910. The second kappa shape index (κ2) is 12.6. The van der Waals surface area contributed by atoms with Gasteiger partial charge in [0, 0.05) is 33.4 Å². The van der Waals surface area contributed by atoms with Crippen molar-refractivity contribution in [3.05, 3.63) is 68.7 Å². The first-order valence-corrected chi connectivity index (χ1v) is 12.4. The van der Waals surface area contributed by atoms with Gasteiger partial charge in [-0.25, -0.2) is 0 Å². The molecule has 31 heavy (non-hydrogen) atoms. The quantitative estimate of drug-likeness (QED) is 0.421. The second-order valence-electron chi connectivity index (χ2n) is 7.34. The molecule has 0 saturated heterocycles. The van der Waals surface area contributed by atoms with E-state index in [2.05, 4.69) is 5.32 Å². The Morgan fingerprint density at radius 3 is 2.39 bits per heavy atom. The molecule has 2 atom stereocenters. The van der Waals surface area contributed by atoms with Crippen LogP contribution in [0.4, 0.5) is 0 Å². The van der Waals surface area contributed by atoms with Crippen LogP contribution in [-0.4, -0.2) is 34.6 Å². The van der Waals surface area contributed by atoms with Gasteiger partial charge in [0.15, 0.2) is 0 Å². The van der Waals surface area contributed by atoms with Gasteiger partial charge in [-0.2, -0.15) is 0 Å². The Morgan fingerprint density at radius 1 is 1.03 bits per heavy atom. The highest BCUT2D eigenvalue weighted by Gasteiger charge is 2.27. The number of nitrogens with one attached hydrogen (secondary N) is 1. The van der Waals surface area contributed by atoms with Crippen LogP contribution in [0.2, 0.25) is 15.1 Å². The fraction of sp³-hybridized carbons (Fsp3) is 0.391. The molecule has 0 aliphatic rings. The molecule has 168 valence electrons. The van der Waals surface area contributed by atoms with Gasteiger partial charge in [-0.15, -0.1) is 11.8 Å². The summed E-state index contributed by atoms with van der Waals surface area (Å²) in [6, 6.07) is 12.1. The highest BCUT2D eigenvalue weighted by atomic mass is 35.5. The minimum atomic E-state index is -0.627. The summed E-state index contributed by atoms with van der Waals surface area (Å²) in [7, 11) is 0. The molecule has 0 unspecified atom stereocenters. The zero-order chi connectivity index (χ0) is 23.0. The third-order valence-electron chi connectivity index (χ3n) is 4.97. The molecule has 0 radical (unpaired) electrons. The molecule has 1 N–H and O–H groups in total. The molecule has 0 bridgehead atoms. The topological polar surface area (TPSA) is 49.4 Å². The van der Waals surface area contributed by atoms with Crippen molar-refractivity contribution in [2.45, 2.75) is 51.6 Å². The molecule has 0 aliphatic heterocycles. The van der Waals surface area contributed by atoms with Crippen molar-refractivity contribution in [2.24, 2.45) is 0 Å². The molecule has 0 heterocycles. The zero-order valence-corrected chi connectivity index (χ0v) is 20.9. The first kappa shape index (κ1) is 25.9. The number of halogens is 3. The normalized spacial score (nSPS) is 12.8. The summed E-state index contributed by atoms with van der Waals surface area (Å²) in [5.41, 5.74) is 1.70. The lowest BCUT2D eigenvalue weighted by Gasteiger charge is -2.30. The van der Waals surface area contributed by atoms with Gasteiger partial charge in [0.25, 0.3) is 0 Å². The number of benzene rings is 2. The standard InChI is InChI=1S/C23H27Cl3N2O2S/c1-4-15(2)27-23(30)16(3)28(12-17-7-5-6-8-20(17)25)22(29)14-31-13-18-9-10-19(24)11-21(18)26/h5-11,15-16H,4,12-14H2,1-3H3,(H,27,30)/t15-,16+/m1/s1. The fourth-order valence-corrected chi connectivity index (χ4v) is 4.49. The number of rotatable bonds is 10. The lowest BCUT2D eigenvalue weighted by molar-refractivity contribution is -0.138. The maximum absolute atomic E-state index is 13.1. The van der Waals surface area contributed by atoms with Crippen molar-refractivity contribution in [3.8, 4) is 0 Å². The molecule has 2 rings (SSSR count). The van der Waals surface area contributed by atoms with E-state index in [0.29, 0.717) is 20.8 Å². The van der Waals surface area contributed by atoms with E-state index in [9.17, 15) is 9.59 Å². The summed E-state index contributed by atoms with van der Waals surface area (Å²) >= 11 is 19.9. The zero-order valence-electron chi connectivity index (χ0n) is 17.8. The maximum Gasteiger partial charge on any atom is 0.242 e. The van der Waals surface area contributed by atoms with Crippen molar-refractivity contribution in [2.75, 3.05) is 5.75 Å². The smallest absolute Gasteiger partial charge is 0.242 e. The summed E-state index contributed by atoms with van der Waals surface area (Å²) in [4.78, 5) is 27.4. The van der Waals surface area contributed by atoms with Crippen LogP contribution in [0.3, 0.4) is 0 Å². The van der Waals surface area contributed by atoms with Crippen LogP contribution in [-0.2, 0) is 21.9 Å². The van der Waals surface area contributed by atoms with Crippen LogP contribution in [0, 0.1) is 0 Å². The largest absolute Gasteiger partial charge is 0.352 e. The van der Waals surface area contributed by atoms with Crippen molar-refractivity contribution in [1.29, 1.82) is 0 Å². The molecule has 2 aromatic rings. The molecule has 4 nitrogen and oxygen atoms in total. The number of hydrogen-bond donors (Lipinski definition) is 1. The van der Waals surface area contributed by atoms with E-state index < -0.39 is 6.04 Å². The summed E-state index contributed by atoms with van der Waals surface area (Å²) in [5, 5.41) is 4.66. The predicted octanol–water partition coefficient (Wildman–Crippen LogP) is 6.21. The van der Waals surface area contributed by atoms with Crippen LogP contribution in [0.5, 0.6) is 0 Å². The minimum Gasteiger partial charge on any atom is -0.352 e. The van der Waals surface area contributed by atoms with E-state index in [1.807, 2.05) is 38.1 Å². The SMILES string of the molecule is CC[C@@H](C)NC(=O)[C@H](C)N(Cc1ccccc1Cl)C(=O)CSCc1ccc(Cl)cc1Cl. The number of carbonyl (C=O) groups is 2. The molecule has 0 fully saturated rings. The molecule has 2 amide bonds. The lowest BCUT2D eigenvalue weighted by atomic mass is 10.1. The van der Waals surface area contributed by atoms with Gasteiger partial charge in [-0.1, -0.05) is 66.0 Å². The van der Waals surface area contributed by atoms with E-state index in [4.69, 9.17) is 34.8 Å². The fourth-order valence-electron chi connectivity index (χ4n) is 2.83. The van der Waals surface area contributed by atoms with Crippen molar-refractivity contribution >= 4 is 58.4 Å². The average molecular weight is 502 g/mol. The first-order valence-electron chi connectivity index (χ1n) is 10.1. The van der Waals surface area contributed by atoms with Gasteiger partial charge in [0.05, 0.1) is 5.75 Å². The number of hydrogen-bond acceptors (Lipinski definition) is 3. The number of nitrogens with zero attached hydrogens (tertiary/aromatic N) is 1. The molecule has 0 aliphatic carbocycles. The second-order valence-corrected chi connectivity index (χ2v) is 9.57. The monoisotopic (exact) mass is 500 g/mol. The predicted molar refractivity (Wildman–Crippen MR) is 132 cm³/mol. The highest BCUT2D eigenvalue weighted by molar-refractivity contribution is 7.99. The molecular formula is C23H27Cl3N2O2S. The molecular weight excluding hydrogens is 475 g/mol. The Hall–Kier alpha value is -1.40. The molecule has 2 aromatic carbocycles. The van der Waals surface area contributed by atoms with E-state index in [-0.39, 0.29) is 30.2 Å². The van der Waals surface area contributed by atoms with Crippen LogP contribution in [0.25, 0.3) is 0 Å². The van der Waals surface area contributed by atoms with E-state index in [1.165, 1.54) is 11.8 Å². The van der Waals surface area contributed by atoms with Crippen LogP contribution in [0.1, 0.15) is 38.3 Å². The van der Waals surface area contributed by atoms with Gasteiger partial charge in [-0.3, -0.25) is 9.59 Å². The van der Waals surface area contributed by atoms with E-state index in [1.54, 1.807) is 30.0 Å². The maximum atomic E-state index is 13.1.